The SMILES string of the molecule is COc1ccc(C(=O)Nc2cccnc2)cc1NC(=O)C1CC1. The molecule has 1 aromatic heterocycles. The monoisotopic (exact) mass is 311 g/mol. The maximum Gasteiger partial charge on any atom is 0.255 e. The molecular weight excluding hydrogens is 294 g/mol. The van der Waals surface area contributed by atoms with Gasteiger partial charge in [0.1, 0.15) is 5.75 Å². The van der Waals surface area contributed by atoms with Crippen LogP contribution in [0.4, 0.5) is 11.4 Å². The molecule has 0 radical (unpaired) electrons. The number of rotatable bonds is 5. The molecule has 0 aliphatic heterocycles. The van der Waals surface area contributed by atoms with E-state index in [1.807, 2.05) is 0 Å². The lowest BCUT2D eigenvalue weighted by Crippen LogP contribution is -2.16. The van der Waals surface area contributed by atoms with Crippen molar-refractivity contribution in [2.24, 2.45) is 5.92 Å². The zero-order valence-electron chi connectivity index (χ0n) is 12.7. The van der Waals surface area contributed by atoms with Crippen LogP contribution >= 0.6 is 0 Å². The minimum atomic E-state index is -0.275. The lowest BCUT2D eigenvalue weighted by Gasteiger charge is -2.12. The van der Waals surface area contributed by atoms with E-state index in [4.69, 9.17) is 4.74 Å². The number of amides is 2. The van der Waals surface area contributed by atoms with Gasteiger partial charge in [0, 0.05) is 17.7 Å². The Kier molecular flexibility index (Phi) is 4.23. The van der Waals surface area contributed by atoms with Crippen molar-refractivity contribution < 1.29 is 14.3 Å². The molecule has 2 N–H and O–H groups in total. The lowest BCUT2D eigenvalue weighted by molar-refractivity contribution is -0.117. The Balaban J connectivity index is 1.79. The summed E-state index contributed by atoms with van der Waals surface area (Å²) in [5.41, 5.74) is 1.54. The van der Waals surface area contributed by atoms with Crippen LogP contribution in [0.5, 0.6) is 5.75 Å². The van der Waals surface area contributed by atoms with E-state index < -0.39 is 0 Å². The van der Waals surface area contributed by atoms with Crippen LogP contribution in [-0.4, -0.2) is 23.9 Å². The molecule has 6 heteroatoms. The number of pyridine rings is 1. The van der Waals surface area contributed by atoms with Gasteiger partial charge in [0.05, 0.1) is 24.7 Å². The molecule has 2 aromatic rings. The van der Waals surface area contributed by atoms with Gasteiger partial charge in [0.2, 0.25) is 5.91 Å². The molecule has 0 unspecified atom stereocenters. The van der Waals surface area contributed by atoms with E-state index in [2.05, 4.69) is 15.6 Å². The summed E-state index contributed by atoms with van der Waals surface area (Å²) in [5.74, 6) is 0.292. The van der Waals surface area contributed by atoms with E-state index in [1.54, 1.807) is 42.7 Å². The van der Waals surface area contributed by atoms with E-state index in [1.165, 1.54) is 7.11 Å². The average molecular weight is 311 g/mol. The Hall–Kier alpha value is -2.89. The van der Waals surface area contributed by atoms with Crippen LogP contribution in [0, 0.1) is 5.92 Å². The van der Waals surface area contributed by atoms with Gasteiger partial charge >= 0.3 is 0 Å². The maximum absolute atomic E-state index is 12.3. The molecule has 6 nitrogen and oxygen atoms in total. The zero-order valence-corrected chi connectivity index (χ0v) is 12.7. The molecule has 1 saturated carbocycles. The van der Waals surface area contributed by atoms with Crippen LogP contribution in [0.1, 0.15) is 23.2 Å². The largest absolute Gasteiger partial charge is 0.495 e. The molecule has 0 atom stereocenters. The number of hydrogen-bond acceptors (Lipinski definition) is 4. The number of methoxy groups -OCH3 is 1. The molecule has 1 aliphatic carbocycles. The molecule has 0 spiro atoms. The Morgan fingerprint density at radius 2 is 2.04 bits per heavy atom. The van der Waals surface area contributed by atoms with E-state index in [0.29, 0.717) is 22.7 Å². The van der Waals surface area contributed by atoms with Crippen molar-refractivity contribution >= 4 is 23.2 Å². The van der Waals surface area contributed by atoms with Crippen molar-refractivity contribution in [3.8, 4) is 5.75 Å². The average Bonchev–Trinajstić information content (AvgIpc) is 3.40. The number of anilines is 2. The van der Waals surface area contributed by atoms with Gasteiger partial charge in [-0.05, 0) is 43.2 Å². The highest BCUT2D eigenvalue weighted by atomic mass is 16.5. The molecular formula is C17H17N3O3. The van der Waals surface area contributed by atoms with Gasteiger partial charge in [-0.25, -0.2) is 0 Å². The molecule has 0 saturated heterocycles. The molecule has 2 amide bonds. The summed E-state index contributed by atoms with van der Waals surface area (Å²) < 4.78 is 5.24. The molecule has 1 aliphatic rings. The van der Waals surface area contributed by atoms with Gasteiger partial charge in [-0.15, -0.1) is 0 Å². The van der Waals surface area contributed by atoms with Crippen molar-refractivity contribution in [1.29, 1.82) is 0 Å². The highest BCUT2D eigenvalue weighted by Crippen LogP contribution is 2.32. The van der Waals surface area contributed by atoms with Crippen molar-refractivity contribution in [2.45, 2.75) is 12.8 Å². The Morgan fingerprint density at radius 1 is 1.22 bits per heavy atom. The number of carbonyl (C=O) groups is 2. The predicted octanol–water partition coefficient (Wildman–Crippen LogP) is 2.69. The smallest absolute Gasteiger partial charge is 0.255 e. The Labute approximate surface area is 133 Å². The fourth-order valence-corrected chi connectivity index (χ4v) is 2.17. The summed E-state index contributed by atoms with van der Waals surface area (Å²) in [6.07, 6.45) is 5.02. The topological polar surface area (TPSA) is 80.3 Å². The first-order valence-corrected chi connectivity index (χ1v) is 7.37. The summed E-state index contributed by atoms with van der Waals surface area (Å²) in [4.78, 5) is 28.2. The van der Waals surface area contributed by atoms with E-state index in [-0.39, 0.29) is 17.7 Å². The fraction of sp³-hybridized carbons (Fsp3) is 0.235. The molecule has 1 aromatic carbocycles. The fourth-order valence-electron chi connectivity index (χ4n) is 2.17. The van der Waals surface area contributed by atoms with E-state index in [9.17, 15) is 9.59 Å². The normalized spacial score (nSPS) is 13.3. The van der Waals surface area contributed by atoms with Gasteiger partial charge < -0.3 is 15.4 Å². The van der Waals surface area contributed by atoms with Crippen molar-refractivity contribution in [3.63, 3.8) is 0 Å². The van der Waals surface area contributed by atoms with Crippen LogP contribution in [0.15, 0.2) is 42.7 Å². The Morgan fingerprint density at radius 3 is 2.70 bits per heavy atom. The standard InChI is InChI=1S/C17H17N3O3/c1-23-15-7-6-12(9-14(15)20-16(21)11-4-5-11)17(22)19-13-3-2-8-18-10-13/h2-3,6-11H,4-5H2,1H3,(H,19,22)(H,20,21). The summed E-state index contributed by atoms with van der Waals surface area (Å²) in [6, 6.07) is 8.43. The first kappa shape index (κ1) is 15.0. The predicted molar refractivity (Wildman–Crippen MR) is 86.5 cm³/mol. The second-order valence-corrected chi connectivity index (χ2v) is 5.37. The van der Waals surface area contributed by atoms with Crippen molar-refractivity contribution in [3.05, 3.63) is 48.3 Å². The van der Waals surface area contributed by atoms with Crippen molar-refractivity contribution in [1.82, 2.24) is 4.98 Å². The van der Waals surface area contributed by atoms with Gasteiger partial charge in [0.25, 0.3) is 5.91 Å². The van der Waals surface area contributed by atoms with Crippen LogP contribution in [0.3, 0.4) is 0 Å². The summed E-state index contributed by atoms with van der Waals surface area (Å²) in [6.45, 7) is 0. The van der Waals surface area contributed by atoms with Gasteiger partial charge in [-0.1, -0.05) is 0 Å². The van der Waals surface area contributed by atoms with Crippen LogP contribution < -0.4 is 15.4 Å². The number of ether oxygens (including phenoxy) is 1. The van der Waals surface area contributed by atoms with E-state index in [0.717, 1.165) is 12.8 Å². The Bertz CT molecular complexity index is 727. The third kappa shape index (κ3) is 3.66. The highest BCUT2D eigenvalue weighted by molar-refractivity contribution is 6.06. The third-order valence-electron chi connectivity index (χ3n) is 3.59. The number of hydrogen-bond donors (Lipinski definition) is 2. The number of aromatic nitrogens is 1. The molecule has 23 heavy (non-hydrogen) atoms. The lowest BCUT2D eigenvalue weighted by atomic mass is 10.1. The van der Waals surface area contributed by atoms with Crippen molar-refractivity contribution in [2.75, 3.05) is 17.7 Å². The van der Waals surface area contributed by atoms with Gasteiger partial charge in [-0.3, -0.25) is 14.6 Å². The summed E-state index contributed by atoms with van der Waals surface area (Å²) in [7, 11) is 1.53. The first-order chi connectivity index (χ1) is 11.2. The second kappa shape index (κ2) is 6.48. The maximum atomic E-state index is 12.3. The summed E-state index contributed by atoms with van der Waals surface area (Å²) >= 11 is 0. The van der Waals surface area contributed by atoms with Gasteiger partial charge in [0.15, 0.2) is 0 Å². The minimum Gasteiger partial charge on any atom is -0.495 e. The molecule has 1 fully saturated rings. The number of nitrogens with zero attached hydrogens (tertiary/aromatic N) is 1. The van der Waals surface area contributed by atoms with Crippen LogP contribution in [-0.2, 0) is 4.79 Å². The first-order valence-electron chi connectivity index (χ1n) is 7.37. The minimum absolute atomic E-state index is 0.0342. The molecule has 118 valence electrons. The quantitative estimate of drug-likeness (QED) is 0.889. The van der Waals surface area contributed by atoms with Crippen LogP contribution in [0.2, 0.25) is 0 Å². The third-order valence-corrected chi connectivity index (χ3v) is 3.59. The number of benzene rings is 1. The van der Waals surface area contributed by atoms with Crippen LogP contribution in [0.25, 0.3) is 0 Å². The van der Waals surface area contributed by atoms with E-state index >= 15 is 0 Å². The number of nitrogens with one attached hydrogen (secondary N) is 2. The van der Waals surface area contributed by atoms with Gasteiger partial charge in [-0.2, -0.15) is 0 Å². The highest BCUT2D eigenvalue weighted by Gasteiger charge is 2.30. The summed E-state index contributed by atoms with van der Waals surface area (Å²) in [5, 5.41) is 5.58. The molecule has 3 rings (SSSR count). The zero-order chi connectivity index (χ0) is 16.2. The second-order valence-electron chi connectivity index (χ2n) is 5.37. The number of carbonyl (C=O) groups excluding carboxylic acids is 2. The molecule has 0 bridgehead atoms. The molecule has 1 heterocycles.